The predicted octanol–water partition coefficient (Wildman–Crippen LogP) is 4.74. The van der Waals surface area contributed by atoms with Gasteiger partial charge in [-0.15, -0.1) is 0 Å². The normalized spacial score (nSPS) is 15.5. The van der Waals surface area contributed by atoms with Crippen LogP contribution in [0, 0.1) is 13.8 Å². The molecule has 2 unspecified atom stereocenters. The van der Waals surface area contributed by atoms with Gasteiger partial charge < -0.3 is 15.4 Å². The van der Waals surface area contributed by atoms with Gasteiger partial charge in [-0.05, 0) is 61.7 Å². The molecule has 2 N–H and O–H groups in total. The van der Waals surface area contributed by atoms with Crippen LogP contribution in [0.5, 0.6) is 5.75 Å². The van der Waals surface area contributed by atoms with Crippen molar-refractivity contribution in [2.45, 2.75) is 39.3 Å². The van der Waals surface area contributed by atoms with Crippen molar-refractivity contribution in [2.24, 2.45) is 0 Å². The summed E-state index contributed by atoms with van der Waals surface area (Å²) in [4.78, 5) is 25.5. The highest BCUT2D eigenvalue weighted by atomic mass is 16.5. The number of benzene rings is 3. The van der Waals surface area contributed by atoms with Crippen LogP contribution in [-0.2, 0) is 11.2 Å². The molecule has 0 fully saturated rings. The Morgan fingerprint density at radius 3 is 2.61 bits per heavy atom. The molecular formula is C26H26N2O3. The Balaban J connectivity index is 1.41. The number of carbonyl (C=O) groups is 2. The van der Waals surface area contributed by atoms with Gasteiger partial charge in [-0.1, -0.05) is 48.0 Å². The predicted molar refractivity (Wildman–Crippen MR) is 121 cm³/mol. The van der Waals surface area contributed by atoms with Crippen molar-refractivity contribution in [3.8, 4) is 5.75 Å². The fourth-order valence-corrected chi connectivity index (χ4v) is 3.87. The van der Waals surface area contributed by atoms with Crippen molar-refractivity contribution in [2.75, 3.05) is 5.32 Å². The van der Waals surface area contributed by atoms with Gasteiger partial charge in [0.2, 0.25) is 0 Å². The maximum atomic E-state index is 12.8. The standard InChI is InChI=1S/C26H26N2O3/c1-16-11-12-17(2)22(13-16)18(3)27-25(29)20-8-6-9-21(14-20)28-26(30)24-15-19-7-4-5-10-23(19)31-24/h4-14,18,24H,15H2,1-3H3,(H,27,29)(H,28,30). The van der Waals surface area contributed by atoms with Gasteiger partial charge in [-0.25, -0.2) is 0 Å². The second-order valence-electron chi connectivity index (χ2n) is 8.04. The highest BCUT2D eigenvalue weighted by Crippen LogP contribution is 2.28. The molecule has 3 aromatic carbocycles. The minimum atomic E-state index is -0.570. The van der Waals surface area contributed by atoms with Crippen molar-refractivity contribution < 1.29 is 14.3 Å². The van der Waals surface area contributed by atoms with Crippen LogP contribution in [0.2, 0.25) is 0 Å². The molecule has 0 aliphatic carbocycles. The van der Waals surface area contributed by atoms with Crippen molar-refractivity contribution in [3.05, 3.63) is 94.5 Å². The van der Waals surface area contributed by atoms with Gasteiger partial charge in [0.15, 0.2) is 6.10 Å². The summed E-state index contributed by atoms with van der Waals surface area (Å²) in [6.45, 7) is 6.05. The van der Waals surface area contributed by atoms with Crippen molar-refractivity contribution >= 4 is 17.5 Å². The first-order valence-electron chi connectivity index (χ1n) is 10.4. The van der Waals surface area contributed by atoms with E-state index in [1.54, 1.807) is 24.3 Å². The van der Waals surface area contributed by atoms with E-state index in [1.807, 2.05) is 45.0 Å². The van der Waals surface area contributed by atoms with Crippen LogP contribution in [0.1, 0.15) is 45.6 Å². The third-order valence-electron chi connectivity index (χ3n) is 5.58. The second kappa shape index (κ2) is 8.64. The molecule has 31 heavy (non-hydrogen) atoms. The van der Waals surface area contributed by atoms with Gasteiger partial charge in [0, 0.05) is 17.7 Å². The Morgan fingerprint density at radius 1 is 1.00 bits per heavy atom. The van der Waals surface area contributed by atoms with E-state index in [9.17, 15) is 9.59 Å². The maximum Gasteiger partial charge on any atom is 0.265 e. The number of para-hydroxylation sites is 1. The molecule has 1 heterocycles. The van der Waals surface area contributed by atoms with E-state index in [-0.39, 0.29) is 17.9 Å². The van der Waals surface area contributed by atoms with Crippen molar-refractivity contribution in [3.63, 3.8) is 0 Å². The number of anilines is 1. The molecule has 1 aliphatic rings. The quantitative estimate of drug-likeness (QED) is 0.634. The van der Waals surface area contributed by atoms with Crippen LogP contribution < -0.4 is 15.4 Å². The highest BCUT2D eigenvalue weighted by Gasteiger charge is 2.28. The van der Waals surface area contributed by atoms with E-state index < -0.39 is 6.10 Å². The summed E-state index contributed by atoms with van der Waals surface area (Å²) in [6.07, 6.45) is -0.0329. The minimum Gasteiger partial charge on any atom is -0.480 e. The monoisotopic (exact) mass is 414 g/mol. The lowest BCUT2D eigenvalue weighted by molar-refractivity contribution is -0.122. The van der Waals surface area contributed by atoms with Crippen LogP contribution in [0.25, 0.3) is 0 Å². The summed E-state index contributed by atoms with van der Waals surface area (Å²) in [5, 5.41) is 5.92. The third-order valence-corrected chi connectivity index (χ3v) is 5.58. The van der Waals surface area contributed by atoms with Gasteiger partial charge in [0.25, 0.3) is 11.8 Å². The molecule has 0 aromatic heterocycles. The lowest BCUT2D eigenvalue weighted by Gasteiger charge is -2.18. The van der Waals surface area contributed by atoms with E-state index in [0.717, 1.165) is 28.0 Å². The van der Waals surface area contributed by atoms with Crippen LogP contribution in [-0.4, -0.2) is 17.9 Å². The zero-order valence-electron chi connectivity index (χ0n) is 17.9. The number of rotatable bonds is 5. The Labute approximate surface area is 182 Å². The van der Waals surface area contributed by atoms with Gasteiger partial charge in [0.05, 0.1) is 6.04 Å². The zero-order valence-corrected chi connectivity index (χ0v) is 17.9. The molecule has 4 rings (SSSR count). The van der Waals surface area contributed by atoms with Gasteiger partial charge in [0.1, 0.15) is 5.75 Å². The molecule has 0 bridgehead atoms. The molecule has 3 aromatic rings. The number of hydrogen-bond acceptors (Lipinski definition) is 3. The molecule has 0 saturated heterocycles. The molecule has 0 spiro atoms. The zero-order chi connectivity index (χ0) is 22.0. The van der Waals surface area contributed by atoms with Crippen LogP contribution in [0.3, 0.4) is 0 Å². The van der Waals surface area contributed by atoms with Crippen LogP contribution in [0.15, 0.2) is 66.7 Å². The SMILES string of the molecule is Cc1ccc(C)c(C(C)NC(=O)c2cccc(NC(=O)C3Cc4ccccc4O3)c2)c1. The number of aryl methyl sites for hydroxylation is 2. The van der Waals surface area contributed by atoms with E-state index in [0.29, 0.717) is 17.7 Å². The van der Waals surface area contributed by atoms with Crippen LogP contribution in [0.4, 0.5) is 5.69 Å². The second-order valence-corrected chi connectivity index (χ2v) is 8.04. The highest BCUT2D eigenvalue weighted by molar-refractivity contribution is 5.98. The smallest absolute Gasteiger partial charge is 0.265 e. The first-order valence-corrected chi connectivity index (χ1v) is 10.4. The van der Waals surface area contributed by atoms with Crippen LogP contribution >= 0.6 is 0 Å². The summed E-state index contributed by atoms with van der Waals surface area (Å²) < 4.78 is 5.75. The molecule has 5 heteroatoms. The maximum absolute atomic E-state index is 12.8. The lowest BCUT2D eigenvalue weighted by Crippen LogP contribution is -2.31. The van der Waals surface area contributed by atoms with E-state index in [4.69, 9.17) is 4.74 Å². The third kappa shape index (κ3) is 4.61. The average Bonchev–Trinajstić information content (AvgIpc) is 3.20. The topological polar surface area (TPSA) is 67.4 Å². The molecule has 2 atom stereocenters. The Hall–Kier alpha value is -3.60. The van der Waals surface area contributed by atoms with Gasteiger partial charge in [-0.2, -0.15) is 0 Å². The van der Waals surface area contributed by atoms with Crippen molar-refractivity contribution in [1.29, 1.82) is 0 Å². The largest absolute Gasteiger partial charge is 0.480 e. The minimum absolute atomic E-state index is 0.129. The Morgan fingerprint density at radius 2 is 1.81 bits per heavy atom. The number of carbonyl (C=O) groups excluding carboxylic acids is 2. The number of hydrogen-bond donors (Lipinski definition) is 2. The van der Waals surface area contributed by atoms with Gasteiger partial charge >= 0.3 is 0 Å². The van der Waals surface area contributed by atoms with Crippen molar-refractivity contribution in [1.82, 2.24) is 5.32 Å². The average molecular weight is 415 g/mol. The number of nitrogens with one attached hydrogen (secondary N) is 2. The molecule has 1 aliphatic heterocycles. The molecular weight excluding hydrogens is 388 g/mol. The fourth-order valence-electron chi connectivity index (χ4n) is 3.87. The molecule has 0 radical (unpaired) electrons. The summed E-state index contributed by atoms with van der Waals surface area (Å²) in [6, 6.07) is 20.7. The molecule has 2 amide bonds. The Bertz CT molecular complexity index is 1110. The van der Waals surface area contributed by atoms with Gasteiger partial charge in [-0.3, -0.25) is 9.59 Å². The summed E-state index contributed by atoms with van der Waals surface area (Å²) in [5.41, 5.74) is 5.47. The first kappa shape index (κ1) is 20.7. The first-order chi connectivity index (χ1) is 14.9. The molecule has 0 saturated carbocycles. The summed E-state index contributed by atoms with van der Waals surface area (Å²) in [7, 11) is 0. The Kier molecular flexibility index (Phi) is 5.76. The number of fused-ring (bicyclic) bond motifs is 1. The summed E-state index contributed by atoms with van der Waals surface area (Å²) >= 11 is 0. The molecule has 158 valence electrons. The fraction of sp³-hybridized carbons (Fsp3) is 0.231. The van der Waals surface area contributed by atoms with E-state index in [2.05, 4.69) is 28.8 Å². The van der Waals surface area contributed by atoms with E-state index in [1.165, 1.54) is 0 Å². The number of amides is 2. The number of ether oxygens (including phenoxy) is 1. The lowest BCUT2D eigenvalue weighted by atomic mass is 9.99. The molecule has 5 nitrogen and oxygen atoms in total. The summed E-state index contributed by atoms with van der Waals surface area (Å²) in [5.74, 6) is 0.336. The van der Waals surface area contributed by atoms with E-state index >= 15 is 0 Å².